The smallest absolute Gasteiger partial charge is 0.320 e. The summed E-state index contributed by atoms with van der Waals surface area (Å²) in [5.74, 6) is -0.872. The summed E-state index contributed by atoms with van der Waals surface area (Å²) in [7, 11) is 0. The molecule has 0 heterocycles. The Morgan fingerprint density at radius 3 is 1.79 bits per heavy atom. The molecule has 0 aliphatic carbocycles. The summed E-state index contributed by atoms with van der Waals surface area (Å²) >= 11 is 0. The summed E-state index contributed by atoms with van der Waals surface area (Å²) in [5.41, 5.74) is -0.250. The fraction of sp³-hybridized carbons (Fsp3) is 0.500. The second-order valence-electron chi connectivity index (χ2n) is 8.69. The van der Waals surface area contributed by atoms with E-state index in [1.165, 1.54) is 17.0 Å². The number of carbonyl (C=O) groups is 2. The van der Waals surface area contributed by atoms with Gasteiger partial charge in [0.1, 0.15) is 17.0 Å². The SMILES string of the molecule is CC(C)(C)OC(=O)CN(CC(=O)OC(C)(C)C)C/C(C#N)=C/c1ccc(O)cc1. The van der Waals surface area contributed by atoms with Gasteiger partial charge in [0, 0.05) is 12.1 Å². The minimum absolute atomic E-state index is 0.0653. The lowest BCUT2D eigenvalue weighted by Gasteiger charge is -2.26. The first-order valence-corrected chi connectivity index (χ1v) is 9.33. The van der Waals surface area contributed by atoms with Crippen molar-refractivity contribution in [2.75, 3.05) is 19.6 Å². The van der Waals surface area contributed by atoms with E-state index in [1.54, 1.807) is 59.8 Å². The van der Waals surface area contributed by atoms with E-state index in [0.717, 1.165) is 0 Å². The van der Waals surface area contributed by atoms with Gasteiger partial charge in [0.25, 0.3) is 0 Å². The number of esters is 2. The molecule has 0 saturated carbocycles. The number of phenols is 1. The van der Waals surface area contributed by atoms with Gasteiger partial charge < -0.3 is 14.6 Å². The molecular formula is C22H30N2O5. The Balaban J connectivity index is 2.98. The van der Waals surface area contributed by atoms with E-state index in [4.69, 9.17) is 9.47 Å². The van der Waals surface area contributed by atoms with Gasteiger partial charge in [-0.05, 0) is 65.3 Å². The lowest BCUT2D eigenvalue weighted by atomic mass is 10.1. The van der Waals surface area contributed by atoms with E-state index in [9.17, 15) is 20.0 Å². The van der Waals surface area contributed by atoms with Crippen molar-refractivity contribution >= 4 is 18.0 Å². The van der Waals surface area contributed by atoms with Crippen molar-refractivity contribution in [1.82, 2.24) is 4.90 Å². The maximum absolute atomic E-state index is 12.3. The molecule has 7 heteroatoms. The van der Waals surface area contributed by atoms with Crippen molar-refractivity contribution < 1.29 is 24.2 Å². The van der Waals surface area contributed by atoms with Crippen molar-refractivity contribution in [2.45, 2.75) is 52.7 Å². The van der Waals surface area contributed by atoms with Gasteiger partial charge in [-0.15, -0.1) is 0 Å². The lowest BCUT2D eigenvalue weighted by molar-refractivity contribution is -0.159. The summed E-state index contributed by atoms with van der Waals surface area (Å²) < 4.78 is 10.7. The number of hydrogen-bond donors (Lipinski definition) is 1. The molecule has 0 amide bonds. The van der Waals surface area contributed by atoms with Gasteiger partial charge in [-0.1, -0.05) is 12.1 Å². The number of carbonyl (C=O) groups excluding carboxylic acids is 2. The quantitative estimate of drug-likeness (QED) is 0.552. The van der Waals surface area contributed by atoms with Crippen molar-refractivity contribution in [3.8, 4) is 11.8 Å². The van der Waals surface area contributed by atoms with Crippen LogP contribution in [-0.4, -0.2) is 52.8 Å². The number of nitriles is 1. The molecule has 158 valence electrons. The zero-order chi connectivity index (χ0) is 22.2. The maximum Gasteiger partial charge on any atom is 0.320 e. The van der Waals surface area contributed by atoms with Crippen molar-refractivity contribution in [3.05, 3.63) is 35.4 Å². The largest absolute Gasteiger partial charge is 0.508 e. The van der Waals surface area contributed by atoms with Gasteiger partial charge in [0.05, 0.1) is 19.2 Å². The number of nitrogens with zero attached hydrogens (tertiary/aromatic N) is 2. The van der Waals surface area contributed by atoms with Crippen LogP contribution in [0.4, 0.5) is 0 Å². The maximum atomic E-state index is 12.3. The number of rotatable bonds is 7. The summed E-state index contributed by atoms with van der Waals surface area (Å²) in [6, 6.07) is 8.45. The second-order valence-corrected chi connectivity index (χ2v) is 8.69. The fourth-order valence-electron chi connectivity index (χ4n) is 2.41. The molecule has 0 aromatic heterocycles. The molecule has 1 rings (SSSR count). The predicted molar refractivity (Wildman–Crippen MR) is 110 cm³/mol. The Kier molecular flexibility index (Phi) is 8.41. The minimum Gasteiger partial charge on any atom is -0.508 e. The van der Waals surface area contributed by atoms with E-state index in [2.05, 4.69) is 6.07 Å². The van der Waals surface area contributed by atoms with E-state index in [1.807, 2.05) is 0 Å². The minimum atomic E-state index is -0.658. The highest BCUT2D eigenvalue weighted by molar-refractivity contribution is 5.75. The van der Waals surface area contributed by atoms with Crippen LogP contribution in [0.1, 0.15) is 47.1 Å². The average molecular weight is 402 g/mol. The molecule has 0 fully saturated rings. The first-order chi connectivity index (χ1) is 13.3. The molecule has 29 heavy (non-hydrogen) atoms. The second kappa shape index (κ2) is 10.1. The zero-order valence-electron chi connectivity index (χ0n) is 18.0. The molecule has 0 bridgehead atoms. The first kappa shape index (κ1) is 24.2. The van der Waals surface area contributed by atoms with Gasteiger partial charge in [0.15, 0.2) is 0 Å². The Morgan fingerprint density at radius 2 is 1.41 bits per heavy atom. The standard InChI is InChI=1S/C22H30N2O5/c1-21(2,3)28-19(26)14-24(15-20(27)29-22(4,5)6)13-17(12-23)11-16-7-9-18(25)10-8-16/h7-11,25H,13-15H2,1-6H3/b17-11+. The predicted octanol–water partition coefficient (Wildman–Crippen LogP) is 3.28. The molecule has 1 aromatic carbocycles. The van der Waals surface area contributed by atoms with Gasteiger partial charge >= 0.3 is 11.9 Å². The van der Waals surface area contributed by atoms with Crippen molar-refractivity contribution in [2.24, 2.45) is 0 Å². The summed E-state index contributed by atoms with van der Waals surface area (Å²) in [4.78, 5) is 26.0. The van der Waals surface area contributed by atoms with Crippen LogP contribution in [0, 0.1) is 11.3 Å². The van der Waals surface area contributed by atoms with Crippen molar-refractivity contribution in [1.29, 1.82) is 5.26 Å². The van der Waals surface area contributed by atoms with E-state index >= 15 is 0 Å². The molecule has 0 unspecified atom stereocenters. The number of ether oxygens (including phenoxy) is 2. The molecule has 0 aliphatic rings. The molecule has 0 atom stereocenters. The van der Waals surface area contributed by atoms with Gasteiger partial charge in [-0.25, -0.2) is 0 Å². The molecule has 0 saturated heterocycles. The Bertz CT molecular complexity index is 747. The molecule has 7 nitrogen and oxygen atoms in total. The lowest BCUT2D eigenvalue weighted by Crippen LogP contribution is -2.40. The van der Waals surface area contributed by atoms with Crippen LogP contribution in [0.2, 0.25) is 0 Å². The summed E-state index contributed by atoms with van der Waals surface area (Å²) in [6.45, 7) is 10.3. The molecule has 0 aliphatic heterocycles. The highest BCUT2D eigenvalue weighted by Crippen LogP contribution is 2.14. The molecular weight excluding hydrogens is 372 g/mol. The van der Waals surface area contributed by atoms with Crippen LogP contribution in [0.5, 0.6) is 5.75 Å². The molecule has 1 aromatic rings. The number of benzene rings is 1. The molecule has 0 spiro atoms. The van der Waals surface area contributed by atoms with Crippen LogP contribution in [-0.2, 0) is 19.1 Å². The fourth-order valence-corrected chi connectivity index (χ4v) is 2.41. The van der Waals surface area contributed by atoms with E-state index in [-0.39, 0.29) is 25.4 Å². The van der Waals surface area contributed by atoms with Crippen LogP contribution in [0.25, 0.3) is 6.08 Å². The highest BCUT2D eigenvalue weighted by atomic mass is 16.6. The number of aromatic hydroxyl groups is 1. The number of phenolic OH excluding ortho intramolecular Hbond substituents is 1. The third kappa shape index (κ3) is 10.9. The monoisotopic (exact) mass is 402 g/mol. The number of hydrogen-bond acceptors (Lipinski definition) is 7. The topological polar surface area (TPSA) is 99.9 Å². The van der Waals surface area contributed by atoms with Crippen LogP contribution >= 0.6 is 0 Å². The van der Waals surface area contributed by atoms with Crippen LogP contribution in [0.3, 0.4) is 0 Å². The van der Waals surface area contributed by atoms with Gasteiger partial charge in [-0.2, -0.15) is 5.26 Å². The highest BCUT2D eigenvalue weighted by Gasteiger charge is 2.24. The van der Waals surface area contributed by atoms with Crippen LogP contribution in [0.15, 0.2) is 29.8 Å². The van der Waals surface area contributed by atoms with Crippen LogP contribution < -0.4 is 0 Å². The van der Waals surface area contributed by atoms with E-state index in [0.29, 0.717) is 11.1 Å². The van der Waals surface area contributed by atoms with E-state index < -0.39 is 23.1 Å². The summed E-state index contributed by atoms with van der Waals surface area (Å²) in [6.07, 6.45) is 1.64. The average Bonchev–Trinajstić information content (AvgIpc) is 2.52. The van der Waals surface area contributed by atoms with Gasteiger partial charge in [0.2, 0.25) is 0 Å². The molecule has 0 radical (unpaired) electrons. The Hall–Kier alpha value is -2.85. The molecule has 1 N–H and O–H groups in total. The third-order valence-corrected chi connectivity index (χ3v) is 3.32. The van der Waals surface area contributed by atoms with Crippen molar-refractivity contribution in [3.63, 3.8) is 0 Å². The summed E-state index contributed by atoms with van der Waals surface area (Å²) in [5, 5.41) is 18.9. The normalized spacial score (nSPS) is 12.4. The zero-order valence-corrected chi connectivity index (χ0v) is 18.0. The Morgan fingerprint density at radius 1 is 0.966 bits per heavy atom. The Labute approximate surface area is 172 Å². The third-order valence-electron chi connectivity index (χ3n) is 3.32. The first-order valence-electron chi connectivity index (χ1n) is 9.33. The van der Waals surface area contributed by atoms with Gasteiger partial charge in [-0.3, -0.25) is 14.5 Å².